The van der Waals surface area contributed by atoms with Crippen molar-refractivity contribution in [2.24, 2.45) is 0 Å². The van der Waals surface area contributed by atoms with Gasteiger partial charge in [-0.3, -0.25) is 0 Å². The van der Waals surface area contributed by atoms with Crippen molar-refractivity contribution in [2.75, 3.05) is 0 Å². The fraction of sp³-hybridized carbons (Fsp3) is 0.400. The minimum atomic E-state index is 0. The molecule has 2 heteroatoms. The van der Waals surface area contributed by atoms with E-state index in [1.807, 2.05) is 19.1 Å². The predicted octanol–water partition coefficient (Wildman–Crippen LogP) is 2.44. The molecule has 0 atom stereocenters. The third kappa shape index (κ3) is 3.15. The van der Waals surface area contributed by atoms with Gasteiger partial charge in [-0.05, 0) is 30.0 Å². The average Bonchev–Trinajstić information content (AvgIpc) is 1.85. The predicted molar refractivity (Wildman–Crippen MR) is 52.7 cm³/mol. The second-order valence-electron chi connectivity index (χ2n) is 3.22. The molecular formula is C10H14BaO. The summed E-state index contributed by atoms with van der Waals surface area (Å²) in [6.45, 7) is 6.12. The van der Waals surface area contributed by atoms with Gasteiger partial charge in [0.05, 0.1) is 0 Å². The van der Waals surface area contributed by atoms with Crippen LogP contribution < -0.4 is 0 Å². The molecule has 0 saturated heterocycles. The summed E-state index contributed by atoms with van der Waals surface area (Å²) < 4.78 is 0. The molecule has 0 aliphatic rings. The van der Waals surface area contributed by atoms with Crippen LogP contribution in [0.4, 0.5) is 0 Å². The van der Waals surface area contributed by atoms with Crippen LogP contribution in [0.5, 0.6) is 5.75 Å². The van der Waals surface area contributed by atoms with Crippen molar-refractivity contribution in [3.8, 4) is 5.75 Å². The van der Waals surface area contributed by atoms with Crippen LogP contribution in [0, 0.1) is 6.92 Å². The van der Waals surface area contributed by atoms with Crippen LogP contribution in [0.2, 0.25) is 0 Å². The molecule has 1 nitrogen and oxygen atoms in total. The van der Waals surface area contributed by atoms with Gasteiger partial charge in [0.2, 0.25) is 0 Å². The minimum Gasteiger partial charge on any atom is -0.508 e. The molecule has 0 aliphatic heterocycles. The number of phenols is 1. The number of hydrogen-bond donors (Lipinski definition) is 1. The summed E-state index contributed by atoms with van der Waals surface area (Å²) in [5.41, 5.74) is 2.13. The van der Waals surface area contributed by atoms with Crippen molar-refractivity contribution in [1.82, 2.24) is 0 Å². The summed E-state index contributed by atoms with van der Waals surface area (Å²) in [6.07, 6.45) is 0. The monoisotopic (exact) mass is 288 g/mol. The molecule has 12 heavy (non-hydrogen) atoms. The standard InChI is InChI=1S/C10H14O.Ba/c1-7(2)9-5-4-8(3)6-10(9)11;/h4-7,11H,1-3H3;. The van der Waals surface area contributed by atoms with E-state index in [0.717, 1.165) is 11.1 Å². The number of phenolic OH excluding ortho intramolecular Hbond substituents is 1. The van der Waals surface area contributed by atoms with Crippen LogP contribution in [-0.4, -0.2) is 54.0 Å². The first kappa shape index (κ1) is 12.6. The van der Waals surface area contributed by atoms with Crippen LogP contribution in [0.15, 0.2) is 18.2 Å². The minimum absolute atomic E-state index is 0. The van der Waals surface area contributed by atoms with Gasteiger partial charge in [0.1, 0.15) is 5.75 Å². The Balaban J connectivity index is 0.00000121. The van der Waals surface area contributed by atoms with Crippen LogP contribution in [-0.2, 0) is 0 Å². The Labute approximate surface area is 114 Å². The van der Waals surface area contributed by atoms with E-state index in [1.165, 1.54) is 0 Å². The molecule has 0 heterocycles. The molecule has 0 aliphatic carbocycles. The van der Waals surface area contributed by atoms with E-state index in [2.05, 4.69) is 13.8 Å². The molecule has 1 aromatic rings. The van der Waals surface area contributed by atoms with Crippen molar-refractivity contribution in [3.63, 3.8) is 0 Å². The summed E-state index contributed by atoms with van der Waals surface area (Å²) in [5.74, 6) is 0.815. The Morgan fingerprint density at radius 3 is 2.25 bits per heavy atom. The molecule has 0 aromatic heterocycles. The molecule has 0 unspecified atom stereocenters. The molecule has 62 valence electrons. The van der Waals surface area contributed by atoms with Crippen molar-refractivity contribution < 1.29 is 5.11 Å². The van der Waals surface area contributed by atoms with Gasteiger partial charge < -0.3 is 5.11 Å². The zero-order chi connectivity index (χ0) is 8.43. The Morgan fingerprint density at radius 1 is 1.25 bits per heavy atom. The van der Waals surface area contributed by atoms with Gasteiger partial charge in [0, 0.05) is 48.9 Å². The smallest absolute Gasteiger partial charge is 0.119 e. The van der Waals surface area contributed by atoms with E-state index >= 15 is 0 Å². The topological polar surface area (TPSA) is 20.2 Å². The van der Waals surface area contributed by atoms with Crippen LogP contribution in [0.3, 0.4) is 0 Å². The fourth-order valence-electron chi connectivity index (χ4n) is 1.14. The molecule has 2 radical (unpaired) electrons. The maximum atomic E-state index is 9.46. The Morgan fingerprint density at radius 2 is 1.83 bits per heavy atom. The molecule has 0 fully saturated rings. The normalized spacial score (nSPS) is 9.67. The first-order valence-corrected chi connectivity index (χ1v) is 3.91. The van der Waals surface area contributed by atoms with E-state index in [9.17, 15) is 5.11 Å². The summed E-state index contributed by atoms with van der Waals surface area (Å²) in [7, 11) is 0. The number of hydrogen-bond acceptors (Lipinski definition) is 1. The molecular weight excluding hydrogens is 273 g/mol. The molecule has 1 aromatic carbocycles. The van der Waals surface area contributed by atoms with Crippen LogP contribution in [0.1, 0.15) is 30.9 Å². The van der Waals surface area contributed by atoms with Crippen molar-refractivity contribution in [3.05, 3.63) is 29.3 Å². The fourth-order valence-corrected chi connectivity index (χ4v) is 1.14. The van der Waals surface area contributed by atoms with E-state index in [1.54, 1.807) is 6.07 Å². The van der Waals surface area contributed by atoms with Gasteiger partial charge in [-0.2, -0.15) is 0 Å². The van der Waals surface area contributed by atoms with Gasteiger partial charge in [-0.15, -0.1) is 0 Å². The number of aromatic hydroxyl groups is 1. The molecule has 0 bridgehead atoms. The van der Waals surface area contributed by atoms with Crippen molar-refractivity contribution in [1.29, 1.82) is 0 Å². The second-order valence-corrected chi connectivity index (χ2v) is 3.22. The largest absolute Gasteiger partial charge is 0.508 e. The van der Waals surface area contributed by atoms with E-state index in [0.29, 0.717) is 11.7 Å². The van der Waals surface area contributed by atoms with Crippen molar-refractivity contribution >= 4 is 48.9 Å². The summed E-state index contributed by atoms with van der Waals surface area (Å²) in [5, 5.41) is 9.46. The SMILES string of the molecule is Cc1ccc(C(C)C)c(O)c1.[Ba]. The first-order valence-electron chi connectivity index (χ1n) is 3.91. The summed E-state index contributed by atoms with van der Waals surface area (Å²) >= 11 is 0. The quantitative estimate of drug-likeness (QED) is 0.787. The van der Waals surface area contributed by atoms with Gasteiger partial charge in [-0.25, -0.2) is 0 Å². The zero-order valence-corrected chi connectivity index (χ0v) is 12.4. The van der Waals surface area contributed by atoms with Crippen LogP contribution in [0.25, 0.3) is 0 Å². The third-order valence-electron chi connectivity index (χ3n) is 1.81. The number of aryl methyl sites for hydroxylation is 1. The number of benzene rings is 1. The molecule has 1 rings (SSSR count). The van der Waals surface area contributed by atoms with Gasteiger partial charge in [-0.1, -0.05) is 26.0 Å². The van der Waals surface area contributed by atoms with Gasteiger partial charge in [0.15, 0.2) is 0 Å². The van der Waals surface area contributed by atoms with Gasteiger partial charge >= 0.3 is 0 Å². The summed E-state index contributed by atoms with van der Waals surface area (Å²) in [6, 6.07) is 5.81. The Kier molecular flexibility index (Phi) is 5.61. The van der Waals surface area contributed by atoms with Crippen LogP contribution >= 0.6 is 0 Å². The molecule has 0 spiro atoms. The Hall–Kier alpha value is 0.591. The van der Waals surface area contributed by atoms with E-state index in [4.69, 9.17) is 0 Å². The average molecular weight is 288 g/mol. The van der Waals surface area contributed by atoms with E-state index < -0.39 is 0 Å². The zero-order valence-electron chi connectivity index (χ0n) is 7.96. The first-order chi connectivity index (χ1) is 5.11. The number of rotatable bonds is 1. The molecule has 0 saturated carbocycles. The third-order valence-corrected chi connectivity index (χ3v) is 1.81. The maximum Gasteiger partial charge on any atom is 0.119 e. The van der Waals surface area contributed by atoms with Gasteiger partial charge in [0.25, 0.3) is 0 Å². The van der Waals surface area contributed by atoms with E-state index in [-0.39, 0.29) is 48.9 Å². The van der Waals surface area contributed by atoms with Crippen molar-refractivity contribution in [2.45, 2.75) is 26.7 Å². The maximum absolute atomic E-state index is 9.46. The Bertz CT molecular complexity index is 256. The summed E-state index contributed by atoms with van der Waals surface area (Å²) in [4.78, 5) is 0. The molecule has 1 N–H and O–H groups in total. The second kappa shape index (κ2) is 5.35. The molecule has 0 amide bonds.